The molecule has 56 heavy (non-hydrogen) atoms. The van der Waals surface area contributed by atoms with Crippen molar-refractivity contribution in [3.8, 4) is 29.0 Å². The van der Waals surface area contributed by atoms with E-state index in [4.69, 9.17) is 11.6 Å². The highest BCUT2D eigenvalue weighted by Gasteiger charge is 2.41. The molecule has 1 fully saturated rings. The monoisotopic (exact) mass is 831 g/mol. The van der Waals surface area contributed by atoms with Gasteiger partial charge in [0.25, 0.3) is 17.9 Å². The summed E-state index contributed by atoms with van der Waals surface area (Å²) in [6.45, 7) is 3.62. The molecular formula is C37H31ClF5N7O4S2. The average molecular weight is 832 g/mol. The van der Waals surface area contributed by atoms with Gasteiger partial charge < -0.3 is 4.90 Å². The third kappa shape index (κ3) is 7.79. The van der Waals surface area contributed by atoms with Crippen molar-refractivity contribution in [3.05, 3.63) is 85.4 Å². The maximum absolute atomic E-state index is 14.6. The number of carbonyl (C=O) groups excluding carboxylic acids is 1. The molecule has 0 bridgehead atoms. The summed E-state index contributed by atoms with van der Waals surface area (Å²) in [6, 6.07) is 9.08. The van der Waals surface area contributed by atoms with Gasteiger partial charge in [0.2, 0.25) is 10.0 Å². The van der Waals surface area contributed by atoms with Crippen LogP contribution in [-0.4, -0.2) is 78.2 Å². The Morgan fingerprint density at radius 2 is 1.80 bits per heavy atom. The Bertz CT molecular complexity index is 2690. The quantitative estimate of drug-likeness (QED) is 0.145. The molecule has 1 aliphatic rings. The van der Waals surface area contributed by atoms with Gasteiger partial charge >= 0.3 is 6.18 Å². The van der Waals surface area contributed by atoms with Crippen LogP contribution in [-0.2, 0) is 22.7 Å². The van der Waals surface area contributed by atoms with Crippen molar-refractivity contribution in [2.24, 2.45) is 0 Å². The van der Waals surface area contributed by atoms with Gasteiger partial charge in [-0.3, -0.25) is 24.0 Å². The fraction of sp³-hybridized carbons (Fsp3) is 0.324. The van der Waals surface area contributed by atoms with Crippen LogP contribution >= 0.6 is 22.9 Å². The van der Waals surface area contributed by atoms with Crippen LogP contribution in [0.2, 0.25) is 5.02 Å². The molecule has 292 valence electrons. The normalized spacial score (nSPS) is 14.2. The number of rotatable bonds is 7. The number of halogens is 6. The topological polar surface area (TPSA) is 141 Å². The SMILES string of the molecule is Cc1nc2cc(C(F)(F)F)c(N3CCN(C(C)(C)C(F)F)CC3)c(C#N)c2c(=O)n1CC#Cc1ccc(Cl)cc1-c1ccnc2c(C(=O)NS(C)(=O)=O)csc12. The molecule has 1 N–H and O–H groups in total. The second-order valence-corrected chi connectivity index (χ2v) is 16.6. The van der Waals surface area contributed by atoms with Crippen molar-refractivity contribution in [1.82, 2.24) is 24.2 Å². The van der Waals surface area contributed by atoms with Crippen molar-refractivity contribution in [2.75, 3.05) is 37.3 Å². The summed E-state index contributed by atoms with van der Waals surface area (Å²) in [5.41, 5.74) is -3.01. The number of alkyl halides is 5. The number of amides is 1. The molecule has 4 heterocycles. The zero-order valence-corrected chi connectivity index (χ0v) is 32.4. The van der Waals surface area contributed by atoms with E-state index < -0.39 is 56.4 Å². The lowest BCUT2D eigenvalue weighted by Gasteiger charge is -2.44. The predicted molar refractivity (Wildman–Crippen MR) is 204 cm³/mol. The van der Waals surface area contributed by atoms with Crippen molar-refractivity contribution in [1.29, 1.82) is 5.26 Å². The fourth-order valence-corrected chi connectivity index (χ4v) is 8.21. The highest BCUT2D eigenvalue weighted by Crippen LogP contribution is 2.42. The highest BCUT2D eigenvalue weighted by molar-refractivity contribution is 7.89. The molecule has 5 aromatic rings. The molecule has 1 saturated heterocycles. The fourth-order valence-electron chi connectivity index (χ4n) is 6.56. The number of aromatic nitrogens is 3. The van der Waals surface area contributed by atoms with E-state index in [1.807, 2.05) is 4.72 Å². The maximum Gasteiger partial charge on any atom is 0.418 e. The molecule has 0 radical (unpaired) electrons. The molecule has 1 aliphatic heterocycles. The first-order chi connectivity index (χ1) is 26.2. The molecule has 1 amide bonds. The van der Waals surface area contributed by atoms with Crippen molar-refractivity contribution < 1.29 is 35.2 Å². The summed E-state index contributed by atoms with van der Waals surface area (Å²) in [4.78, 5) is 38.1. The second kappa shape index (κ2) is 15.1. The Balaban J connectivity index is 1.40. The number of carbonyl (C=O) groups is 1. The number of fused-ring (bicyclic) bond motifs is 2. The Morgan fingerprint density at radius 1 is 1.11 bits per heavy atom. The highest BCUT2D eigenvalue weighted by atomic mass is 35.5. The van der Waals surface area contributed by atoms with Crippen LogP contribution in [0.1, 0.15) is 46.7 Å². The number of piperazine rings is 1. The number of aryl methyl sites for hydroxylation is 1. The number of thiophene rings is 1. The molecule has 0 aliphatic carbocycles. The number of hydrogen-bond donors (Lipinski definition) is 1. The molecule has 0 unspecified atom stereocenters. The van der Waals surface area contributed by atoms with E-state index in [9.17, 15) is 45.2 Å². The van der Waals surface area contributed by atoms with Crippen LogP contribution in [0.3, 0.4) is 0 Å². The van der Waals surface area contributed by atoms with Crippen LogP contribution in [0, 0.1) is 30.1 Å². The van der Waals surface area contributed by atoms with E-state index >= 15 is 0 Å². The summed E-state index contributed by atoms with van der Waals surface area (Å²) in [5.74, 6) is 5.11. The van der Waals surface area contributed by atoms with E-state index in [-0.39, 0.29) is 60.5 Å². The van der Waals surface area contributed by atoms with E-state index in [2.05, 4.69) is 21.8 Å². The van der Waals surface area contributed by atoms with E-state index in [1.165, 1.54) is 42.1 Å². The molecule has 11 nitrogen and oxygen atoms in total. The third-order valence-corrected chi connectivity index (χ3v) is 11.3. The van der Waals surface area contributed by atoms with Gasteiger partial charge in [0.1, 0.15) is 11.9 Å². The van der Waals surface area contributed by atoms with Crippen molar-refractivity contribution in [2.45, 2.75) is 45.5 Å². The second-order valence-electron chi connectivity index (χ2n) is 13.5. The van der Waals surface area contributed by atoms with Crippen molar-refractivity contribution >= 4 is 65.7 Å². The number of benzene rings is 2. The van der Waals surface area contributed by atoms with E-state index in [1.54, 1.807) is 30.3 Å². The van der Waals surface area contributed by atoms with Gasteiger partial charge in [-0.1, -0.05) is 23.4 Å². The number of nitriles is 1. The maximum atomic E-state index is 14.6. The number of sulfonamides is 1. The summed E-state index contributed by atoms with van der Waals surface area (Å²) in [7, 11) is -3.85. The average Bonchev–Trinajstić information content (AvgIpc) is 3.56. The Kier molecular flexibility index (Phi) is 10.9. The minimum absolute atomic E-state index is 0.00657. The Labute approximate surface area is 326 Å². The van der Waals surface area contributed by atoms with E-state index in [0.717, 1.165) is 28.2 Å². The number of pyridine rings is 1. The van der Waals surface area contributed by atoms with Crippen molar-refractivity contribution in [3.63, 3.8) is 0 Å². The first kappa shape index (κ1) is 40.5. The first-order valence-corrected chi connectivity index (χ1v) is 19.9. The van der Waals surface area contributed by atoms with Gasteiger partial charge in [-0.2, -0.15) is 18.4 Å². The Morgan fingerprint density at radius 3 is 2.43 bits per heavy atom. The standard InChI is InChI=1S/C37H31ClF5N7O4S2/c1-20-46-28-17-27(37(41,42)43)31(48-12-14-49(15-13-48)36(2,3)35(39)40)25(18-44)29(28)34(52)50(20)11-5-6-21-7-8-22(38)16-24(21)23-9-10-45-30-26(19-55-32(23)30)33(51)47-56(4,53)54/h7-10,16-17,19,35H,11-15H2,1-4H3,(H,47,51). The number of nitrogens with one attached hydrogen (secondary N) is 1. The molecular weight excluding hydrogens is 801 g/mol. The zero-order valence-electron chi connectivity index (χ0n) is 30.1. The van der Waals surface area contributed by atoms with Gasteiger partial charge in [0.15, 0.2) is 0 Å². The number of nitrogens with zero attached hydrogens (tertiary/aromatic N) is 6. The minimum atomic E-state index is -4.94. The van der Waals surface area contributed by atoms with Gasteiger partial charge in [0, 0.05) is 59.5 Å². The van der Waals surface area contributed by atoms with Gasteiger partial charge in [-0.15, -0.1) is 11.3 Å². The molecule has 0 saturated carbocycles. The summed E-state index contributed by atoms with van der Waals surface area (Å²) < 4.78 is 98.1. The molecule has 6 rings (SSSR count). The summed E-state index contributed by atoms with van der Waals surface area (Å²) >= 11 is 7.53. The number of hydrogen-bond acceptors (Lipinski definition) is 10. The summed E-state index contributed by atoms with van der Waals surface area (Å²) in [6.07, 6.45) is -5.34. The first-order valence-electron chi connectivity index (χ1n) is 16.7. The molecule has 0 atom stereocenters. The molecule has 3 aromatic heterocycles. The lowest BCUT2D eigenvalue weighted by atomic mass is 9.98. The lowest BCUT2D eigenvalue weighted by Crippen LogP contribution is -2.57. The zero-order chi connectivity index (χ0) is 40.9. The molecule has 0 spiro atoms. The van der Waals surface area contributed by atoms with Crippen LogP contribution in [0.15, 0.2) is 46.7 Å². The minimum Gasteiger partial charge on any atom is -0.367 e. The van der Waals surface area contributed by atoms with Gasteiger partial charge in [-0.05, 0) is 51.1 Å². The van der Waals surface area contributed by atoms with Crippen LogP contribution in [0.25, 0.3) is 32.2 Å². The lowest BCUT2D eigenvalue weighted by molar-refractivity contribution is -0.137. The van der Waals surface area contributed by atoms with E-state index in [0.29, 0.717) is 26.4 Å². The molecule has 19 heteroatoms. The van der Waals surface area contributed by atoms with Crippen LogP contribution in [0.4, 0.5) is 27.6 Å². The largest absolute Gasteiger partial charge is 0.418 e. The van der Waals surface area contributed by atoms with Crippen LogP contribution in [0.5, 0.6) is 0 Å². The third-order valence-electron chi connectivity index (χ3n) is 9.48. The number of anilines is 1. The molecule has 2 aromatic carbocycles. The van der Waals surface area contributed by atoms with Crippen LogP contribution < -0.4 is 15.2 Å². The summed E-state index contributed by atoms with van der Waals surface area (Å²) in [5, 5.41) is 11.8. The van der Waals surface area contributed by atoms with Gasteiger partial charge in [0.05, 0.1) is 61.8 Å². The van der Waals surface area contributed by atoms with Gasteiger partial charge in [-0.25, -0.2) is 26.9 Å². The smallest absolute Gasteiger partial charge is 0.367 e. The Hall–Kier alpha value is -5.14. The predicted octanol–water partition coefficient (Wildman–Crippen LogP) is 6.43.